The van der Waals surface area contributed by atoms with Crippen LogP contribution in [0.15, 0.2) is 35.4 Å². The Balaban J connectivity index is 2.21. The minimum atomic E-state index is -0.509. The zero-order valence-corrected chi connectivity index (χ0v) is 9.60. The van der Waals surface area contributed by atoms with Crippen molar-refractivity contribution in [2.24, 2.45) is 0 Å². The maximum atomic E-state index is 11.8. The number of rotatable bonds is 2. The average molecular weight is 245 g/mol. The van der Waals surface area contributed by atoms with E-state index in [9.17, 15) is 14.7 Å². The molecule has 0 radical (unpaired) electrons. The summed E-state index contributed by atoms with van der Waals surface area (Å²) >= 11 is 0. The van der Waals surface area contributed by atoms with Crippen LogP contribution in [0.4, 0.5) is 5.69 Å². The number of carbonyl (C=O) groups excluding carboxylic acids is 1. The van der Waals surface area contributed by atoms with Gasteiger partial charge in [-0.25, -0.2) is 4.98 Å². The summed E-state index contributed by atoms with van der Waals surface area (Å²) < 4.78 is 0. The van der Waals surface area contributed by atoms with Gasteiger partial charge in [0.05, 0.1) is 11.9 Å². The first-order chi connectivity index (χ1) is 8.56. The van der Waals surface area contributed by atoms with Gasteiger partial charge < -0.3 is 15.4 Å². The van der Waals surface area contributed by atoms with Gasteiger partial charge >= 0.3 is 0 Å². The van der Waals surface area contributed by atoms with Crippen LogP contribution in [0.3, 0.4) is 0 Å². The number of H-pyrrole nitrogens is 1. The number of aromatic amines is 1. The molecule has 6 heteroatoms. The molecule has 2 aromatic rings. The van der Waals surface area contributed by atoms with Crippen LogP contribution >= 0.6 is 0 Å². The van der Waals surface area contributed by atoms with Gasteiger partial charge in [-0.3, -0.25) is 9.59 Å². The third-order valence-electron chi connectivity index (χ3n) is 2.31. The van der Waals surface area contributed by atoms with Gasteiger partial charge in [-0.05, 0) is 24.6 Å². The minimum absolute atomic E-state index is 0.0206. The predicted octanol–water partition coefficient (Wildman–Crippen LogP) is 1.04. The summed E-state index contributed by atoms with van der Waals surface area (Å²) in [6.07, 6.45) is 2.23. The van der Waals surface area contributed by atoms with Crippen molar-refractivity contribution in [2.45, 2.75) is 6.92 Å². The highest BCUT2D eigenvalue weighted by Gasteiger charge is 2.10. The molecular weight excluding hydrogens is 234 g/mol. The second-order valence-corrected chi connectivity index (χ2v) is 3.77. The van der Waals surface area contributed by atoms with Gasteiger partial charge in [-0.1, -0.05) is 6.07 Å². The Morgan fingerprint density at radius 1 is 1.44 bits per heavy atom. The van der Waals surface area contributed by atoms with Crippen molar-refractivity contribution in [3.05, 3.63) is 52.2 Å². The van der Waals surface area contributed by atoms with Crippen molar-refractivity contribution in [2.75, 3.05) is 5.32 Å². The Morgan fingerprint density at radius 2 is 2.22 bits per heavy atom. The van der Waals surface area contributed by atoms with E-state index in [1.165, 1.54) is 12.3 Å². The Kier molecular flexibility index (Phi) is 3.09. The number of aromatic hydroxyl groups is 1. The molecule has 1 aromatic carbocycles. The number of aryl methyl sites for hydroxylation is 1. The fourth-order valence-corrected chi connectivity index (χ4v) is 1.40. The molecule has 0 aliphatic carbocycles. The van der Waals surface area contributed by atoms with Gasteiger partial charge in [0.2, 0.25) is 0 Å². The molecule has 0 unspecified atom stereocenters. The van der Waals surface area contributed by atoms with Crippen molar-refractivity contribution in [3.63, 3.8) is 0 Å². The number of nitrogens with zero attached hydrogens (tertiary/aromatic N) is 1. The molecule has 1 amide bonds. The van der Waals surface area contributed by atoms with Crippen LogP contribution in [0.25, 0.3) is 0 Å². The fourth-order valence-electron chi connectivity index (χ4n) is 1.40. The molecule has 1 aromatic heterocycles. The minimum Gasteiger partial charge on any atom is -0.506 e. The van der Waals surface area contributed by atoms with E-state index in [0.717, 1.165) is 11.8 Å². The molecule has 18 heavy (non-hydrogen) atoms. The van der Waals surface area contributed by atoms with E-state index >= 15 is 0 Å². The summed E-state index contributed by atoms with van der Waals surface area (Å²) in [5.41, 5.74) is 0.852. The largest absolute Gasteiger partial charge is 0.506 e. The van der Waals surface area contributed by atoms with E-state index in [4.69, 9.17) is 0 Å². The van der Waals surface area contributed by atoms with Gasteiger partial charge in [0, 0.05) is 6.20 Å². The molecule has 6 nitrogen and oxygen atoms in total. The number of aromatic nitrogens is 2. The van der Waals surface area contributed by atoms with Crippen molar-refractivity contribution < 1.29 is 9.90 Å². The smallest absolute Gasteiger partial charge is 0.275 e. The maximum absolute atomic E-state index is 11.8. The molecule has 0 saturated carbocycles. The highest BCUT2D eigenvalue weighted by Crippen LogP contribution is 2.24. The molecule has 0 bridgehead atoms. The Morgan fingerprint density at radius 3 is 2.83 bits per heavy atom. The molecule has 0 atom stereocenters. The first-order valence-corrected chi connectivity index (χ1v) is 5.22. The van der Waals surface area contributed by atoms with E-state index in [1.807, 2.05) is 6.92 Å². The SMILES string of the molecule is Cc1ccc(NC(=O)c2c[nH]c(=O)cn2)c(O)c1. The molecule has 1 heterocycles. The summed E-state index contributed by atoms with van der Waals surface area (Å²) in [5.74, 6) is -0.529. The number of hydrogen-bond acceptors (Lipinski definition) is 4. The van der Waals surface area contributed by atoms with Gasteiger partial charge in [0.1, 0.15) is 11.4 Å². The summed E-state index contributed by atoms with van der Waals surface area (Å²) in [7, 11) is 0. The fraction of sp³-hybridized carbons (Fsp3) is 0.0833. The first-order valence-electron chi connectivity index (χ1n) is 5.22. The second-order valence-electron chi connectivity index (χ2n) is 3.77. The van der Waals surface area contributed by atoms with Gasteiger partial charge in [0.15, 0.2) is 0 Å². The van der Waals surface area contributed by atoms with Crippen molar-refractivity contribution in [1.82, 2.24) is 9.97 Å². The standard InChI is InChI=1S/C12H11N3O3/c1-7-2-3-8(10(16)4-7)15-12(18)9-5-14-11(17)6-13-9/h2-6,16H,1H3,(H,14,17)(H,15,18). The lowest BCUT2D eigenvalue weighted by Gasteiger charge is -2.07. The number of phenolic OH excluding ortho intramolecular Hbond substituents is 1. The normalized spacial score (nSPS) is 10.1. The van der Waals surface area contributed by atoms with Crippen LogP contribution in [0.5, 0.6) is 5.75 Å². The maximum Gasteiger partial charge on any atom is 0.275 e. The van der Waals surface area contributed by atoms with Crippen LogP contribution in [-0.4, -0.2) is 21.0 Å². The average Bonchev–Trinajstić information content (AvgIpc) is 2.33. The number of nitrogens with one attached hydrogen (secondary N) is 2. The highest BCUT2D eigenvalue weighted by atomic mass is 16.3. The van der Waals surface area contributed by atoms with E-state index in [-0.39, 0.29) is 17.0 Å². The van der Waals surface area contributed by atoms with Crippen LogP contribution in [0, 0.1) is 6.92 Å². The molecule has 3 N–H and O–H groups in total. The molecule has 2 rings (SSSR count). The quantitative estimate of drug-likeness (QED) is 0.689. The lowest BCUT2D eigenvalue weighted by atomic mass is 10.2. The van der Waals surface area contributed by atoms with E-state index in [2.05, 4.69) is 15.3 Å². The topological polar surface area (TPSA) is 95.1 Å². The zero-order valence-electron chi connectivity index (χ0n) is 9.60. The molecule has 0 saturated heterocycles. The first kappa shape index (κ1) is 11.8. The summed E-state index contributed by atoms with van der Waals surface area (Å²) in [4.78, 5) is 28.6. The van der Waals surface area contributed by atoms with E-state index in [0.29, 0.717) is 5.69 Å². The molecular formula is C12H11N3O3. The Hall–Kier alpha value is -2.63. The van der Waals surface area contributed by atoms with Crippen molar-refractivity contribution in [3.8, 4) is 5.75 Å². The highest BCUT2D eigenvalue weighted by molar-refractivity contribution is 6.03. The second kappa shape index (κ2) is 4.70. The van der Waals surface area contributed by atoms with Crippen LogP contribution in [0.2, 0.25) is 0 Å². The number of amides is 1. The molecule has 92 valence electrons. The third-order valence-corrected chi connectivity index (χ3v) is 2.31. The van der Waals surface area contributed by atoms with Crippen LogP contribution in [0.1, 0.15) is 16.1 Å². The number of hydrogen-bond donors (Lipinski definition) is 3. The third kappa shape index (κ3) is 2.54. The monoisotopic (exact) mass is 245 g/mol. The Bertz CT molecular complexity index is 629. The summed E-state index contributed by atoms with van der Waals surface area (Å²) in [5, 5.41) is 12.1. The number of benzene rings is 1. The predicted molar refractivity (Wildman–Crippen MR) is 65.7 cm³/mol. The van der Waals surface area contributed by atoms with Gasteiger partial charge in [-0.2, -0.15) is 0 Å². The molecule has 0 fully saturated rings. The van der Waals surface area contributed by atoms with Gasteiger partial charge in [-0.15, -0.1) is 0 Å². The summed E-state index contributed by atoms with van der Waals surface area (Å²) in [6.45, 7) is 1.83. The van der Waals surface area contributed by atoms with Crippen LogP contribution in [-0.2, 0) is 0 Å². The van der Waals surface area contributed by atoms with E-state index < -0.39 is 5.91 Å². The summed E-state index contributed by atoms with van der Waals surface area (Å²) in [6, 6.07) is 4.89. The van der Waals surface area contributed by atoms with E-state index in [1.54, 1.807) is 12.1 Å². The number of phenols is 1. The Labute approximate surface area is 102 Å². The van der Waals surface area contributed by atoms with Crippen LogP contribution < -0.4 is 10.9 Å². The lowest BCUT2D eigenvalue weighted by Crippen LogP contribution is -2.17. The van der Waals surface area contributed by atoms with Crippen molar-refractivity contribution >= 4 is 11.6 Å². The molecule has 0 aliphatic heterocycles. The number of anilines is 1. The number of carbonyl (C=O) groups is 1. The zero-order chi connectivity index (χ0) is 13.1. The molecule has 0 aliphatic rings. The lowest BCUT2D eigenvalue weighted by molar-refractivity contribution is 0.102. The van der Waals surface area contributed by atoms with Gasteiger partial charge in [0.25, 0.3) is 11.5 Å². The van der Waals surface area contributed by atoms with Crippen molar-refractivity contribution in [1.29, 1.82) is 0 Å². The molecule has 0 spiro atoms.